The maximum absolute atomic E-state index is 12.2. The average Bonchev–Trinajstić information content (AvgIpc) is 3.12. The smallest absolute Gasteiger partial charge is 0.244 e. The monoisotopic (exact) mass is 403 g/mol. The summed E-state index contributed by atoms with van der Waals surface area (Å²) in [5.41, 5.74) is 8.06. The fourth-order valence-corrected chi connectivity index (χ4v) is 3.76. The molecule has 1 N–H and O–H groups in total. The summed E-state index contributed by atoms with van der Waals surface area (Å²) >= 11 is 0. The first-order chi connectivity index (χ1) is 14.4. The molecule has 1 heterocycles. The quantitative estimate of drug-likeness (QED) is 0.381. The first kappa shape index (κ1) is 21.4. The molecule has 30 heavy (non-hydrogen) atoms. The Labute approximate surface area is 178 Å². The van der Waals surface area contributed by atoms with Gasteiger partial charge in [-0.15, -0.1) is 6.58 Å². The number of hydrogen-bond donors (Lipinski definition) is 1. The summed E-state index contributed by atoms with van der Waals surface area (Å²) in [6, 6.07) is 8.48. The van der Waals surface area contributed by atoms with E-state index in [1.807, 2.05) is 27.0 Å². The lowest BCUT2D eigenvalue weighted by Gasteiger charge is -2.15. The van der Waals surface area contributed by atoms with Crippen molar-refractivity contribution in [2.45, 2.75) is 34.6 Å². The standard InChI is InChI=1S/C26H29NO3/c1-7-11-27-24(28)13-18(5)21-14-22-23(20-10-9-16(3)12-17(20)4)15-30-26(22)19(6)25(21)29-8-2/h7,9-10,12-15H,1,8,11H2,2-6H3,(H,27,28)/b18-13+. The highest BCUT2D eigenvalue weighted by molar-refractivity contribution is 6.02. The number of fused-ring (bicyclic) bond motifs is 1. The molecule has 1 aromatic heterocycles. The van der Waals surface area contributed by atoms with Gasteiger partial charge in [0.05, 0.1) is 12.9 Å². The van der Waals surface area contributed by atoms with Gasteiger partial charge in [0.2, 0.25) is 5.91 Å². The van der Waals surface area contributed by atoms with Gasteiger partial charge in [-0.3, -0.25) is 4.79 Å². The molecule has 4 nitrogen and oxygen atoms in total. The van der Waals surface area contributed by atoms with Crippen LogP contribution in [0.15, 0.2) is 53.7 Å². The largest absolute Gasteiger partial charge is 0.493 e. The van der Waals surface area contributed by atoms with Crippen LogP contribution in [0.4, 0.5) is 0 Å². The Balaban J connectivity index is 2.20. The van der Waals surface area contributed by atoms with Crippen molar-refractivity contribution in [3.05, 3.63) is 71.5 Å². The van der Waals surface area contributed by atoms with Crippen LogP contribution in [0.25, 0.3) is 27.7 Å². The molecule has 0 spiro atoms. The highest BCUT2D eigenvalue weighted by Crippen LogP contribution is 2.41. The molecule has 3 aromatic rings. The van der Waals surface area contributed by atoms with E-state index < -0.39 is 0 Å². The number of hydrogen-bond acceptors (Lipinski definition) is 3. The van der Waals surface area contributed by atoms with E-state index in [-0.39, 0.29) is 5.91 Å². The molecule has 0 bridgehead atoms. The lowest BCUT2D eigenvalue weighted by Crippen LogP contribution is -2.20. The average molecular weight is 404 g/mol. The van der Waals surface area contributed by atoms with Gasteiger partial charge in [0.1, 0.15) is 11.3 Å². The van der Waals surface area contributed by atoms with E-state index in [1.165, 1.54) is 11.1 Å². The fourth-order valence-electron chi connectivity index (χ4n) is 3.76. The van der Waals surface area contributed by atoms with Crippen LogP contribution in [0, 0.1) is 20.8 Å². The van der Waals surface area contributed by atoms with Gasteiger partial charge >= 0.3 is 0 Å². The lowest BCUT2D eigenvalue weighted by atomic mass is 9.94. The maximum atomic E-state index is 12.2. The van der Waals surface area contributed by atoms with Gasteiger partial charge in [-0.05, 0) is 57.4 Å². The third-order valence-corrected chi connectivity index (χ3v) is 5.20. The van der Waals surface area contributed by atoms with Crippen molar-refractivity contribution in [3.8, 4) is 16.9 Å². The number of aryl methyl sites for hydroxylation is 3. The second kappa shape index (κ2) is 9.04. The summed E-state index contributed by atoms with van der Waals surface area (Å²) in [7, 11) is 0. The predicted octanol–water partition coefficient (Wildman–Crippen LogP) is 6.13. The van der Waals surface area contributed by atoms with E-state index in [0.717, 1.165) is 44.5 Å². The summed E-state index contributed by atoms with van der Waals surface area (Å²) in [6.45, 7) is 14.7. The zero-order chi connectivity index (χ0) is 21.8. The Kier molecular flexibility index (Phi) is 6.46. The van der Waals surface area contributed by atoms with E-state index in [4.69, 9.17) is 9.15 Å². The van der Waals surface area contributed by atoms with Gasteiger partial charge < -0.3 is 14.5 Å². The van der Waals surface area contributed by atoms with Gasteiger partial charge in [0.15, 0.2) is 0 Å². The highest BCUT2D eigenvalue weighted by atomic mass is 16.5. The van der Waals surface area contributed by atoms with Gasteiger partial charge in [-0.2, -0.15) is 0 Å². The third-order valence-electron chi connectivity index (χ3n) is 5.20. The van der Waals surface area contributed by atoms with Crippen molar-refractivity contribution in [2.75, 3.05) is 13.2 Å². The number of nitrogens with one attached hydrogen (secondary N) is 1. The number of carbonyl (C=O) groups excluding carboxylic acids is 1. The van der Waals surface area contributed by atoms with Crippen LogP contribution in [0.1, 0.15) is 36.1 Å². The second-order valence-electron chi connectivity index (χ2n) is 7.52. The van der Waals surface area contributed by atoms with Crippen LogP contribution >= 0.6 is 0 Å². The summed E-state index contributed by atoms with van der Waals surface area (Å²) in [4.78, 5) is 12.2. The topological polar surface area (TPSA) is 51.5 Å². The molecule has 156 valence electrons. The summed E-state index contributed by atoms with van der Waals surface area (Å²) < 4.78 is 12.0. The molecule has 3 rings (SSSR count). The summed E-state index contributed by atoms with van der Waals surface area (Å²) in [5, 5.41) is 3.80. The first-order valence-corrected chi connectivity index (χ1v) is 10.2. The van der Waals surface area contributed by atoms with Gasteiger partial charge in [-0.25, -0.2) is 0 Å². The van der Waals surface area contributed by atoms with Crippen LogP contribution in [-0.2, 0) is 4.79 Å². The normalized spacial score (nSPS) is 11.6. The molecule has 1 amide bonds. The Bertz CT molecular complexity index is 1130. The number of allylic oxidation sites excluding steroid dienone is 1. The minimum Gasteiger partial charge on any atom is -0.493 e. The molecular weight excluding hydrogens is 374 g/mol. The zero-order valence-corrected chi connectivity index (χ0v) is 18.4. The zero-order valence-electron chi connectivity index (χ0n) is 18.4. The molecule has 2 aromatic carbocycles. The molecule has 0 fully saturated rings. The first-order valence-electron chi connectivity index (χ1n) is 10.2. The Morgan fingerprint density at radius 2 is 1.97 bits per heavy atom. The Morgan fingerprint density at radius 1 is 1.20 bits per heavy atom. The number of amides is 1. The summed E-state index contributed by atoms with van der Waals surface area (Å²) in [6.07, 6.45) is 5.07. The van der Waals surface area contributed by atoms with E-state index in [2.05, 4.69) is 50.0 Å². The van der Waals surface area contributed by atoms with Crippen molar-refractivity contribution in [2.24, 2.45) is 0 Å². The summed E-state index contributed by atoms with van der Waals surface area (Å²) in [5.74, 6) is 0.589. The molecule has 0 atom stereocenters. The second-order valence-corrected chi connectivity index (χ2v) is 7.52. The molecule has 0 aliphatic carbocycles. The predicted molar refractivity (Wildman–Crippen MR) is 124 cm³/mol. The molecule has 0 saturated heterocycles. The number of ether oxygens (including phenoxy) is 1. The maximum Gasteiger partial charge on any atom is 0.244 e. The Hall–Kier alpha value is -3.27. The van der Waals surface area contributed by atoms with Gasteiger partial charge in [0, 0.05) is 34.7 Å². The molecule has 0 unspecified atom stereocenters. The molecular formula is C26H29NO3. The van der Waals surface area contributed by atoms with Crippen LogP contribution in [0.2, 0.25) is 0 Å². The van der Waals surface area contributed by atoms with Crippen LogP contribution in [0.3, 0.4) is 0 Å². The molecule has 4 heteroatoms. The molecule has 0 aliphatic heterocycles. The van der Waals surface area contributed by atoms with Crippen molar-refractivity contribution in [3.63, 3.8) is 0 Å². The van der Waals surface area contributed by atoms with E-state index in [0.29, 0.717) is 13.2 Å². The van der Waals surface area contributed by atoms with Crippen LogP contribution in [0.5, 0.6) is 5.75 Å². The molecule has 0 radical (unpaired) electrons. The van der Waals surface area contributed by atoms with E-state index in [9.17, 15) is 4.79 Å². The van der Waals surface area contributed by atoms with Crippen molar-refractivity contribution in [1.29, 1.82) is 0 Å². The minimum absolute atomic E-state index is 0.158. The molecule has 0 aliphatic rings. The van der Waals surface area contributed by atoms with Crippen molar-refractivity contribution < 1.29 is 13.9 Å². The fraction of sp³-hybridized carbons (Fsp3) is 0.269. The SMILES string of the molecule is C=CCNC(=O)/C=C(\C)c1cc2c(-c3ccc(C)cc3C)coc2c(C)c1OCC. The van der Waals surface area contributed by atoms with Crippen molar-refractivity contribution in [1.82, 2.24) is 5.32 Å². The number of furan rings is 1. The van der Waals surface area contributed by atoms with Gasteiger partial charge in [0.25, 0.3) is 0 Å². The van der Waals surface area contributed by atoms with Crippen LogP contribution < -0.4 is 10.1 Å². The molecule has 0 saturated carbocycles. The van der Waals surface area contributed by atoms with E-state index >= 15 is 0 Å². The highest BCUT2D eigenvalue weighted by Gasteiger charge is 2.19. The minimum atomic E-state index is -0.158. The van der Waals surface area contributed by atoms with Crippen molar-refractivity contribution >= 4 is 22.4 Å². The van der Waals surface area contributed by atoms with Crippen LogP contribution in [-0.4, -0.2) is 19.1 Å². The number of carbonyl (C=O) groups is 1. The van der Waals surface area contributed by atoms with Gasteiger partial charge in [-0.1, -0.05) is 29.8 Å². The van der Waals surface area contributed by atoms with E-state index in [1.54, 1.807) is 12.2 Å². The third kappa shape index (κ3) is 4.18. The number of rotatable bonds is 7. The number of benzene rings is 2. The lowest BCUT2D eigenvalue weighted by molar-refractivity contribution is -0.116. The Morgan fingerprint density at radius 3 is 2.63 bits per heavy atom.